The lowest BCUT2D eigenvalue weighted by atomic mass is 9.76. The van der Waals surface area contributed by atoms with Crippen molar-refractivity contribution in [1.82, 2.24) is 0 Å². The van der Waals surface area contributed by atoms with Crippen molar-refractivity contribution < 1.29 is 24.5 Å². The lowest BCUT2D eigenvalue weighted by Crippen LogP contribution is -2.29. The number of carbonyl (C=O) groups excluding carboxylic acids is 1. The Balaban J connectivity index is 1.92. The Kier molecular flexibility index (Phi) is 7.05. The van der Waals surface area contributed by atoms with Crippen LogP contribution in [0.3, 0.4) is 0 Å². The monoisotopic (exact) mass is 454 g/mol. The molecule has 3 N–H and O–H groups in total. The second kappa shape index (κ2) is 9.82. The molecule has 6 heteroatoms. The number of benzene rings is 1. The molecule has 2 aliphatic rings. The molecule has 1 fully saturated rings. The fourth-order valence-corrected chi connectivity index (χ4v) is 5.45. The predicted octanol–water partition coefficient (Wildman–Crippen LogP) is 4.35. The number of Topliss-reactive ketones (excluding diaryl/α,β-unsaturated/α-hetero) is 1. The molecule has 5 unspecified atom stereocenters. The van der Waals surface area contributed by atoms with Crippen LogP contribution < -0.4 is 5.63 Å². The van der Waals surface area contributed by atoms with Gasteiger partial charge in [0.1, 0.15) is 11.5 Å². The summed E-state index contributed by atoms with van der Waals surface area (Å²) in [5.74, 6) is -1.54. The summed E-state index contributed by atoms with van der Waals surface area (Å²) in [5, 5.41) is 31.3. The van der Waals surface area contributed by atoms with Gasteiger partial charge in [-0.3, -0.25) is 4.79 Å². The molecule has 6 nitrogen and oxygen atoms in total. The topological polar surface area (TPSA) is 108 Å². The van der Waals surface area contributed by atoms with Crippen LogP contribution in [0.2, 0.25) is 0 Å². The normalized spacial score (nSPS) is 23.8. The Morgan fingerprint density at radius 2 is 1.76 bits per heavy atom. The van der Waals surface area contributed by atoms with E-state index in [0.29, 0.717) is 19.3 Å². The van der Waals surface area contributed by atoms with Crippen LogP contribution >= 0.6 is 0 Å². The van der Waals surface area contributed by atoms with Gasteiger partial charge in [-0.25, -0.2) is 4.79 Å². The molecule has 0 radical (unpaired) electrons. The first kappa shape index (κ1) is 23.7. The van der Waals surface area contributed by atoms with Gasteiger partial charge in [-0.15, -0.1) is 0 Å². The van der Waals surface area contributed by atoms with Crippen molar-refractivity contribution >= 4 is 5.78 Å². The fourth-order valence-electron chi connectivity index (χ4n) is 5.45. The van der Waals surface area contributed by atoms with Gasteiger partial charge in [-0.1, -0.05) is 43.7 Å². The summed E-state index contributed by atoms with van der Waals surface area (Å²) in [5.41, 5.74) is 0.536. The molecule has 4 rings (SSSR count). The van der Waals surface area contributed by atoms with Crippen LogP contribution in [0, 0.1) is 17.8 Å². The van der Waals surface area contributed by atoms with Gasteiger partial charge >= 0.3 is 5.63 Å². The maximum atomic E-state index is 13.7. The largest absolute Gasteiger partial charge is 0.506 e. The average molecular weight is 455 g/mol. The zero-order valence-electron chi connectivity index (χ0n) is 19.4. The number of aliphatic hydroxyl groups excluding tert-OH is 2. The molecule has 0 bridgehead atoms. The first-order valence-corrected chi connectivity index (χ1v) is 12.1. The number of carbonyl (C=O) groups is 1. The van der Waals surface area contributed by atoms with Gasteiger partial charge in [-0.2, -0.15) is 0 Å². The first-order chi connectivity index (χ1) is 15.8. The fraction of sp³-hybridized carbons (Fsp3) is 0.556. The number of aliphatic hydroxyl groups is 2. The Labute approximate surface area is 194 Å². The van der Waals surface area contributed by atoms with Crippen LogP contribution in [-0.2, 0) is 0 Å². The molecule has 0 aliphatic heterocycles. The predicted molar refractivity (Wildman–Crippen MR) is 125 cm³/mol. The van der Waals surface area contributed by atoms with E-state index in [9.17, 15) is 24.9 Å². The Hall–Kier alpha value is -2.44. The van der Waals surface area contributed by atoms with Crippen molar-refractivity contribution in [3.05, 3.63) is 63.2 Å². The van der Waals surface area contributed by atoms with Crippen LogP contribution in [0.1, 0.15) is 91.5 Å². The lowest BCUT2D eigenvalue weighted by molar-refractivity contribution is 0.0813. The summed E-state index contributed by atoms with van der Waals surface area (Å²) in [6.07, 6.45) is 3.43. The maximum Gasteiger partial charge on any atom is 0.343 e. The third-order valence-corrected chi connectivity index (χ3v) is 7.35. The van der Waals surface area contributed by atoms with Gasteiger partial charge in [0, 0.05) is 24.4 Å². The van der Waals surface area contributed by atoms with Crippen molar-refractivity contribution in [2.75, 3.05) is 6.61 Å². The van der Waals surface area contributed by atoms with E-state index in [1.165, 1.54) is 0 Å². The van der Waals surface area contributed by atoms with Gasteiger partial charge in [0.05, 0.1) is 17.2 Å². The summed E-state index contributed by atoms with van der Waals surface area (Å²) in [4.78, 5) is 27.1. The molecule has 0 saturated heterocycles. The smallest absolute Gasteiger partial charge is 0.343 e. The minimum atomic E-state index is -0.658. The van der Waals surface area contributed by atoms with E-state index in [-0.39, 0.29) is 65.1 Å². The van der Waals surface area contributed by atoms with Crippen molar-refractivity contribution in [3.63, 3.8) is 0 Å². The van der Waals surface area contributed by atoms with Gasteiger partial charge in [0.15, 0.2) is 5.78 Å². The second-order valence-corrected chi connectivity index (χ2v) is 9.96. The third-order valence-electron chi connectivity index (χ3n) is 7.35. The summed E-state index contributed by atoms with van der Waals surface area (Å²) >= 11 is 0. The molecule has 1 saturated carbocycles. The van der Waals surface area contributed by atoms with Crippen molar-refractivity contribution in [2.24, 2.45) is 17.8 Å². The van der Waals surface area contributed by atoms with Crippen LogP contribution in [0.4, 0.5) is 0 Å². The Bertz CT molecular complexity index is 1040. The number of rotatable bonds is 7. The molecule has 33 heavy (non-hydrogen) atoms. The minimum Gasteiger partial charge on any atom is -0.506 e. The highest BCUT2D eigenvalue weighted by Crippen LogP contribution is 2.49. The van der Waals surface area contributed by atoms with Gasteiger partial charge in [0.2, 0.25) is 0 Å². The van der Waals surface area contributed by atoms with E-state index < -0.39 is 17.6 Å². The zero-order valence-corrected chi connectivity index (χ0v) is 19.4. The van der Waals surface area contributed by atoms with E-state index in [1.807, 2.05) is 37.3 Å². The van der Waals surface area contributed by atoms with Crippen molar-refractivity contribution in [2.45, 2.75) is 70.3 Å². The van der Waals surface area contributed by atoms with E-state index in [2.05, 4.69) is 0 Å². The minimum absolute atomic E-state index is 0.0711. The number of hydrogen-bond donors (Lipinski definition) is 3. The van der Waals surface area contributed by atoms with Crippen molar-refractivity contribution in [3.8, 4) is 5.75 Å². The van der Waals surface area contributed by atoms with Gasteiger partial charge in [-0.05, 0) is 56.4 Å². The summed E-state index contributed by atoms with van der Waals surface area (Å²) in [6.45, 7) is 3.39. The molecule has 1 aromatic heterocycles. The quantitative estimate of drug-likeness (QED) is 0.574. The molecule has 0 spiro atoms. The highest BCUT2D eigenvalue weighted by atomic mass is 16.4. The molecular formula is C27H34O6. The van der Waals surface area contributed by atoms with E-state index in [4.69, 9.17) is 4.42 Å². The molecule has 0 amide bonds. The van der Waals surface area contributed by atoms with E-state index in [0.717, 1.165) is 18.4 Å². The SMILES string of the molecule is CC(O)CC1CCCC(C(C)CO)c2oc(=O)c(C(c3ccccc3)C3CC3)c(O)c2C1=O. The highest BCUT2D eigenvalue weighted by Gasteiger charge is 2.42. The molecule has 1 aromatic carbocycles. The standard InChI is InChI=1S/C27H34O6/c1-15(14-28)20-10-6-9-19(13-16(2)29)24(30)23-25(31)22(27(32)33-26(20)23)21(18-11-12-18)17-7-4-3-5-8-17/h3-5,7-8,15-16,18-21,28-29,31H,6,9-14H2,1-2H3. The van der Waals surface area contributed by atoms with E-state index >= 15 is 0 Å². The Morgan fingerprint density at radius 3 is 2.36 bits per heavy atom. The third kappa shape index (κ3) is 4.78. The maximum absolute atomic E-state index is 13.7. The number of aromatic hydroxyl groups is 1. The lowest BCUT2D eigenvalue weighted by Gasteiger charge is -2.30. The Morgan fingerprint density at radius 1 is 1.06 bits per heavy atom. The first-order valence-electron chi connectivity index (χ1n) is 12.1. The molecule has 1 heterocycles. The van der Waals surface area contributed by atoms with Crippen LogP contribution in [0.25, 0.3) is 0 Å². The number of ketones is 1. The molecule has 2 aliphatic carbocycles. The zero-order chi connectivity index (χ0) is 23.7. The molecular weight excluding hydrogens is 420 g/mol. The van der Waals surface area contributed by atoms with Crippen LogP contribution in [-0.4, -0.2) is 33.8 Å². The number of hydrogen-bond acceptors (Lipinski definition) is 6. The molecule has 5 atom stereocenters. The van der Waals surface area contributed by atoms with Gasteiger partial charge in [0.25, 0.3) is 0 Å². The van der Waals surface area contributed by atoms with Crippen LogP contribution in [0.5, 0.6) is 5.75 Å². The highest BCUT2D eigenvalue weighted by molar-refractivity contribution is 6.01. The second-order valence-electron chi connectivity index (χ2n) is 9.96. The van der Waals surface area contributed by atoms with Crippen molar-refractivity contribution in [1.29, 1.82) is 0 Å². The van der Waals surface area contributed by atoms with E-state index in [1.54, 1.807) is 6.92 Å². The average Bonchev–Trinajstić information content (AvgIpc) is 3.62. The molecule has 178 valence electrons. The summed E-state index contributed by atoms with van der Waals surface area (Å²) in [6, 6.07) is 9.58. The summed E-state index contributed by atoms with van der Waals surface area (Å²) in [7, 11) is 0. The summed E-state index contributed by atoms with van der Waals surface area (Å²) < 4.78 is 5.88. The molecule has 2 aromatic rings. The van der Waals surface area contributed by atoms with Crippen LogP contribution in [0.15, 0.2) is 39.5 Å². The number of fused-ring (bicyclic) bond motifs is 1. The van der Waals surface area contributed by atoms with Gasteiger partial charge < -0.3 is 19.7 Å².